The summed E-state index contributed by atoms with van der Waals surface area (Å²) in [7, 11) is 0. The normalized spacial score (nSPS) is 10.3. The summed E-state index contributed by atoms with van der Waals surface area (Å²) in [5.41, 5.74) is 5.37. The zero-order valence-electron chi connectivity index (χ0n) is 9.39. The van der Waals surface area contributed by atoms with Crippen molar-refractivity contribution in [2.75, 3.05) is 6.54 Å². The molecule has 1 aromatic carbocycles. The number of rotatable bonds is 4. The van der Waals surface area contributed by atoms with Gasteiger partial charge in [0.05, 0.1) is 18.7 Å². The summed E-state index contributed by atoms with van der Waals surface area (Å²) < 4.78 is 18.3. The Bertz CT molecular complexity index is 555. The molecule has 0 atom stereocenters. The van der Waals surface area contributed by atoms with Gasteiger partial charge in [-0.25, -0.2) is 4.39 Å². The molecule has 0 radical (unpaired) electrons. The highest BCUT2D eigenvalue weighted by atomic mass is 19.1. The van der Waals surface area contributed by atoms with Crippen molar-refractivity contribution >= 4 is 5.91 Å². The summed E-state index contributed by atoms with van der Waals surface area (Å²) in [5.74, 6) is -0.434. The zero-order valence-corrected chi connectivity index (χ0v) is 9.39. The first-order valence-corrected chi connectivity index (χ1v) is 5.25. The molecule has 0 fully saturated rings. The molecule has 7 heteroatoms. The molecule has 2 aromatic rings. The van der Waals surface area contributed by atoms with Crippen LogP contribution in [0.25, 0.3) is 11.4 Å². The lowest BCUT2D eigenvalue weighted by Crippen LogP contribution is -2.29. The van der Waals surface area contributed by atoms with Gasteiger partial charge in [0.1, 0.15) is 5.82 Å². The average Bonchev–Trinajstić information content (AvgIpc) is 2.85. The van der Waals surface area contributed by atoms with Crippen LogP contribution in [0.2, 0.25) is 0 Å². The van der Waals surface area contributed by atoms with Crippen LogP contribution in [-0.4, -0.2) is 22.6 Å². The molecule has 1 aromatic heterocycles. The summed E-state index contributed by atoms with van der Waals surface area (Å²) in [4.78, 5) is 14.9. The quantitative estimate of drug-likeness (QED) is 0.821. The van der Waals surface area contributed by atoms with E-state index in [-0.39, 0.29) is 36.3 Å². The molecule has 6 nitrogen and oxygen atoms in total. The Morgan fingerprint density at radius 3 is 2.94 bits per heavy atom. The Balaban J connectivity index is 2.11. The second-order valence-corrected chi connectivity index (χ2v) is 3.47. The van der Waals surface area contributed by atoms with Gasteiger partial charge < -0.3 is 15.6 Å². The van der Waals surface area contributed by atoms with Crippen LogP contribution < -0.4 is 11.1 Å². The molecule has 0 aliphatic carbocycles. The van der Waals surface area contributed by atoms with E-state index in [4.69, 9.17) is 10.3 Å². The van der Waals surface area contributed by atoms with Crippen molar-refractivity contribution in [1.29, 1.82) is 0 Å². The summed E-state index contributed by atoms with van der Waals surface area (Å²) in [5, 5.41) is 6.12. The molecule has 2 rings (SSSR count). The van der Waals surface area contributed by atoms with E-state index in [1.54, 1.807) is 18.2 Å². The Morgan fingerprint density at radius 2 is 2.22 bits per heavy atom. The second kappa shape index (κ2) is 5.37. The van der Waals surface area contributed by atoms with Crippen LogP contribution in [0.3, 0.4) is 0 Å². The second-order valence-electron chi connectivity index (χ2n) is 3.47. The van der Waals surface area contributed by atoms with Crippen LogP contribution >= 0.6 is 0 Å². The van der Waals surface area contributed by atoms with Crippen LogP contribution in [0.15, 0.2) is 28.8 Å². The maximum atomic E-state index is 13.4. The molecule has 0 aliphatic heterocycles. The molecule has 0 unspecified atom stereocenters. The largest absolute Gasteiger partial charge is 0.346 e. The first-order chi connectivity index (χ1) is 8.70. The topological polar surface area (TPSA) is 94.0 Å². The van der Waals surface area contributed by atoms with Gasteiger partial charge in [-0.05, 0) is 12.1 Å². The number of amides is 1. The van der Waals surface area contributed by atoms with E-state index in [9.17, 15) is 9.18 Å². The minimum absolute atomic E-state index is 0.0670. The van der Waals surface area contributed by atoms with Crippen molar-refractivity contribution in [3.05, 3.63) is 36.0 Å². The number of nitrogens with two attached hydrogens (primary N) is 1. The van der Waals surface area contributed by atoms with Crippen LogP contribution in [0.4, 0.5) is 4.39 Å². The predicted molar refractivity (Wildman–Crippen MR) is 60.6 cm³/mol. The van der Waals surface area contributed by atoms with Gasteiger partial charge >= 0.3 is 0 Å². The van der Waals surface area contributed by atoms with Gasteiger partial charge in [-0.1, -0.05) is 17.3 Å². The first-order valence-electron chi connectivity index (χ1n) is 5.25. The summed E-state index contributed by atoms with van der Waals surface area (Å²) >= 11 is 0. The molecule has 94 valence electrons. The highest BCUT2D eigenvalue weighted by molar-refractivity contribution is 5.77. The van der Waals surface area contributed by atoms with E-state index < -0.39 is 5.82 Å². The van der Waals surface area contributed by atoms with Crippen molar-refractivity contribution in [1.82, 2.24) is 15.5 Å². The molecule has 0 spiro atoms. The number of benzene rings is 1. The lowest BCUT2D eigenvalue weighted by Gasteiger charge is -1.97. The number of halogens is 1. The molecule has 3 N–H and O–H groups in total. The van der Waals surface area contributed by atoms with Gasteiger partial charge in [0.25, 0.3) is 0 Å². The molecular formula is C11H11FN4O2. The lowest BCUT2D eigenvalue weighted by molar-refractivity contribution is -0.120. The van der Waals surface area contributed by atoms with Crippen molar-refractivity contribution in [2.45, 2.75) is 6.54 Å². The van der Waals surface area contributed by atoms with Crippen molar-refractivity contribution in [3.8, 4) is 11.4 Å². The molecule has 0 aliphatic rings. The minimum atomic E-state index is -0.434. The summed E-state index contributed by atoms with van der Waals surface area (Å²) in [6, 6.07) is 6.09. The molecule has 0 saturated heterocycles. The van der Waals surface area contributed by atoms with Crippen molar-refractivity contribution < 1.29 is 13.7 Å². The minimum Gasteiger partial charge on any atom is -0.346 e. The third-order valence-electron chi connectivity index (χ3n) is 2.21. The van der Waals surface area contributed by atoms with E-state index in [2.05, 4.69) is 15.5 Å². The smallest absolute Gasteiger partial charge is 0.246 e. The SMILES string of the molecule is NCC(=O)NCc1nc(-c2ccccc2F)no1. The highest BCUT2D eigenvalue weighted by Gasteiger charge is 2.12. The molecule has 0 saturated carbocycles. The van der Waals surface area contributed by atoms with Crippen LogP contribution in [0, 0.1) is 5.82 Å². The maximum absolute atomic E-state index is 13.4. The van der Waals surface area contributed by atoms with Gasteiger partial charge in [0.15, 0.2) is 0 Å². The molecule has 18 heavy (non-hydrogen) atoms. The van der Waals surface area contributed by atoms with Crippen molar-refractivity contribution in [3.63, 3.8) is 0 Å². The number of nitrogens with zero attached hydrogens (tertiary/aromatic N) is 2. The molecular weight excluding hydrogens is 239 g/mol. The van der Waals surface area contributed by atoms with E-state index in [0.717, 1.165) is 0 Å². The van der Waals surface area contributed by atoms with E-state index >= 15 is 0 Å². The fourth-order valence-electron chi connectivity index (χ4n) is 1.32. The predicted octanol–water partition coefficient (Wildman–Crippen LogP) is 0.451. The third-order valence-corrected chi connectivity index (χ3v) is 2.21. The third kappa shape index (κ3) is 2.69. The Hall–Kier alpha value is -2.28. The van der Waals surface area contributed by atoms with E-state index in [1.165, 1.54) is 6.07 Å². The number of aromatic nitrogens is 2. The molecule has 1 amide bonds. The van der Waals surface area contributed by atoms with Gasteiger partial charge in [-0.3, -0.25) is 4.79 Å². The van der Waals surface area contributed by atoms with Crippen LogP contribution in [-0.2, 0) is 11.3 Å². The van der Waals surface area contributed by atoms with Crippen LogP contribution in [0.5, 0.6) is 0 Å². The summed E-state index contributed by atoms with van der Waals surface area (Å²) in [6.07, 6.45) is 0. The Labute approximate surface area is 102 Å². The monoisotopic (exact) mass is 250 g/mol. The van der Waals surface area contributed by atoms with Gasteiger partial charge in [0, 0.05) is 0 Å². The number of carbonyl (C=O) groups excluding carboxylic acids is 1. The van der Waals surface area contributed by atoms with Gasteiger partial charge in [-0.15, -0.1) is 0 Å². The standard InChI is InChI=1S/C11H11FN4O2/c12-8-4-2-1-3-7(8)11-15-10(18-16-11)6-14-9(17)5-13/h1-4H,5-6,13H2,(H,14,17). The van der Waals surface area contributed by atoms with Gasteiger partial charge in [0.2, 0.25) is 17.6 Å². The number of hydrogen-bond donors (Lipinski definition) is 2. The fourth-order valence-corrected chi connectivity index (χ4v) is 1.32. The van der Waals surface area contributed by atoms with Gasteiger partial charge in [-0.2, -0.15) is 4.98 Å². The number of carbonyl (C=O) groups is 1. The average molecular weight is 250 g/mol. The van der Waals surface area contributed by atoms with Crippen LogP contribution in [0.1, 0.15) is 5.89 Å². The Kier molecular flexibility index (Phi) is 3.63. The maximum Gasteiger partial charge on any atom is 0.246 e. The zero-order chi connectivity index (χ0) is 13.0. The van der Waals surface area contributed by atoms with Crippen molar-refractivity contribution in [2.24, 2.45) is 5.73 Å². The molecule has 1 heterocycles. The van der Waals surface area contributed by atoms with E-state index in [0.29, 0.717) is 0 Å². The lowest BCUT2D eigenvalue weighted by atomic mass is 10.2. The number of nitrogens with one attached hydrogen (secondary N) is 1. The van der Waals surface area contributed by atoms with E-state index in [1.807, 2.05) is 0 Å². The number of hydrogen-bond acceptors (Lipinski definition) is 5. The fraction of sp³-hybridized carbons (Fsp3) is 0.182. The molecule has 0 bridgehead atoms. The Morgan fingerprint density at radius 1 is 1.44 bits per heavy atom. The highest BCUT2D eigenvalue weighted by Crippen LogP contribution is 2.18. The first kappa shape index (κ1) is 12.2. The summed E-state index contributed by atoms with van der Waals surface area (Å²) in [6.45, 7) is -0.0498.